The topological polar surface area (TPSA) is 20.5 Å². The minimum Gasteiger partial charge on any atom is -0.307 e. The molecule has 0 saturated carbocycles. The summed E-state index contributed by atoms with van der Waals surface area (Å²) in [5.41, 5.74) is 3.63. The molecule has 1 fully saturated rings. The van der Waals surface area contributed by atoms with Crippen molar-refractivity contribution in [1.29, 1.82) is 0 Å². The fourth-order valence-corrected chi connectivity index (χ4v) is 3.03. The van der Waals surface area contributed by atoms with Gasteiger partial charge in [0, 0.05) is 24.4 Å². The first kappa shape index (κ1) is 12.7. The first-order chi connectivity index (χ1) is 9.13. The normalized spacial score (nSPS) is 18.5. The number of hydrogen-bond acceptors (Lipinski definition) is 2. The second-order valence-corrected chi connectivity index (χ2v) is 6.04. The Morgan fingerprint density at radius 2 is 1.89 bits per heavy atom. The Morgan fingerprint density at radius 1 is 1.16 bits per heavy atom. The van der Waals surface area contributed by atoms with E-state index in [9.17, 15) is 0 Å². The Labute approximate surface area is 115 Å². The first-order valence-electron chi connectivity index (χ1n) is 7.33. The molecule has 0 aromatic carbocycles. The minimum absolute atomic E-state index is 0.634. The van der Waals surface area contributed by atoms with Crippen molar-refractivity contribution in [1.82, 2.24) is 14.3 Å². The van der Waals surface area contributed by atoms with Crippen LogP contribution in [-0.2, 0) is 0 Å². The first-order valence-corrected chi connectivity index (χ1v) is 7.33. The maximum Gasteiger partial charge on any atom is 0.136 e. The molecule has 0 spiro atoms. The molecule has 0 amide bonds. The van der Waals surface area contributed by atoms with Gasteiger partial charge in [0.2, 0.25) is 0 Å². The molecule has 19 heavy (non-hydrogen) atoms. The average Bonchev–Trinajstić information content (AvgIpc) is 2.81. The maximum absolute atomic E-state index is 4.79. The summed E-state index contributed by atoms with van der Waals surface area (Å²) in [6.45, 7) is 9.10. The molecule has 3 heterocycles. The minimum atomic E-state index is 0.634. The zero-order chi connectivity index (χ0) is 13.4. The van der Waals surface area contributed by atoms with Gasteiger partial charge in [-0.3, -0.25) is 0 Å². The molecule has 1 saturated heterocycles. The lowest BCUT2D eigenvalue weighted by Gasteiger charge is -2.33. The van der Waals surface area contributed by atoms with Crippen molar-refractivity contribution in [2.45, 2.75) is 45.6 Å². The fraction of sp³-hybridized carbons (Fsp3) is 0.562. The van der Waals surface area contributed by atoms with Gasteiger partial charge < -0.3 is 9.30 Å². The molecule has 2 aromatic heterocycles. The number of imidazole rings is 1. The highest BCUT2D eigenvalue weighted by Crippen LogP contribution is 2.28. The highest BCUT2D eigenvalue weighted by atomic mass is 15.1. The summed E-state index contributed by atoms with van der Waals surface area (Å²) >= 11 is 0. The molecule has 2 aromatic rings. The van der Waals surface area contributed by atoms with E-state index in [-0.39, 0.29) is 0 Å². The van der Waals surface area contributed by atoms with E-state index < -0.39 is 0 Å². The molecule has 0 atom stereocenters. The zero-order valence-corrected chi connectivity index (χ0v) is 12.1. The number of piperidine rings is 1. The fourth-order valence-electron chi connectivity index (χ4n) is 3.03. The molecule has 3 heteroatoms. The third-order valence-electron chi connectivity index (χ3n) is 4.30. The highest BCUT2D eigenvalue weighted by Gasteiger charge is 2.23. The highest BCUT2D eigenvalue weighted by molar-refractivity contribution is 5.41. The molecular formula is C16H23N3. The lowest BCUT2D eigenvalue weighted by atomic mass is 9.93. The SMILES string of the molecule is Cc1ccc2nc(C3CCN(C(C)C)CC3)cn2c1. The molecule has 1 aliphatic heterocycles. The summed E-state index contributed by atoms with van der Waals surface area (Å²) in [4.78, 5) is 7.36. The van der Waals surface area contributed by atoms with Crippen molar-refractivity contribution in [2.24, 2.45) is 0 Å². The van der Waals surface area contributed by atoms with Crippen molar-refractivity contribution in [3.05, 3.63) is 35.8 Å². The second-order valence-electron chi connectivity index (χ2n) is 6.04. The molecule has 0 N–H and O–H groups in total. The van der Waals surface area contributed by atoms with Gasteiger partial charge in [0.05, 0.1) is 5.69 Å². The van der Waals surface area contributed by atoms with Crippen LogP contribution < -0.4 is 0 Å². The van der Waals surface area contributed by atoms with Crippen LogP contribution in [0.25, 0.3) is 5.65 Å². The number of aryl methyl sites for hydroxylation is 1. The van der Waals surface area contributed by atoms with Gasteiger partial charge in [0.25, 0.3) is 0 Å². The van der Waals surface area contributed by atoms with E-state index in [1.807, 2.05) is 0 Å². The maximum atomic E-state index is 4.79. The summed E-state index contributed by atoms with van der Waals surface area (Å²) in [5.74, 6) is 0.634. The lowest BCUT2D eigenvalue weighted by molar-refractivity contribution is 0.171. The van der Waals surface area contributed by atoms with Crippen LogP contribution in [0.2, 0.25) is 0 Å². The molecule has 0 aliphatic carbocycles. The van der Waals surface area contributed by atoms with Crippen molar-refractivity contribution < 1.29 is 0 Å². The number of pyridine rings is 1. The van der Waals surface area contributed by atoms with Crippen LogP contribution in [0.4, 0.5) is 0 Å². The van der Waals surface area contributed by atoms with Gasteiger partial charge in [-0.15, -0.1) is 0 Å². The number of nitrogens with zero attached hydrogens (tertiary/aromatic N) is 3. The Morgan fingerprint density at radius 3 is 2.58 bits per heavy atom. The van der Waals surface area contributed by atoms with Crippen LogP contribution in [0.3, 0.4) is 0 Å². The largest absolute Gasteiger partial charge is 0.307 e. The van der Waals surface area contributed by atoms with Crippen LogP contribution in [0.15, 0.2) is 24.5 Å². The van der Waals surface area contributed by atoms with E-state index in [0.29, 0.717) is 12.0 Å². The van der Waals surface area contributed by atoms with Crippen molar-refractivity contribution in [3.63, 3.8) is 0 Å². The summed E-state index contributed by atoms with van der Waals surface area (Å²) in [7, 11) is 0. The molecule has 1 aliphatic rings. The number of likely N-dealkylation sites (tertiary alicyclic amines) is 1. The second kappa shape index (κ2) is 4.97. The van der Waals surface area contributed by atoms with E-state index >= 15 is 0 Å². The Hall–Kier alpha value is -1.35. The van der Waals surface area contributed by atoms with Gasteiger partial charge in [-0.1, -0.05) is 6.07 Å². The monoisotopic (exact) mass is 257 g/mol. The average molecular weight is 257 g/mol. The van der Waals surface area contributed by atoms with Crippen LogP contribution >= 0.6 is 0 Å². The molecule has 0 radical (unpaired) electrons. The Bertz CT molecular complexity index is 562. The summed E-state index contributed by atoms with van der Waals surface area (Å²) in [6, 6.07) is 4.92. The molecule has 102 valence electrons. The van der Waals surface area contributed by atoms with Crippen LogP contribution in [-0.4, -0.2) is 33.4 Å². The summed E-state index contributed by atoms with van der Waals surface area (Å²) in [6.07, 6.45) is 6.86. The van der Waals surface area contributed by atoms with Gasteiger partial charge in [-0.2, -0.15) is 0 Å². The number of hydrogen-bond donors (Lipinski definition) is 0. The van der Waals surface area contributed by atoms with Crippen LogP contribution in [0, 0.1) is 6.92 Å². The third kappa shape index (κ3) is 2.52. The molecule has 3 rings (SSSR count). The van der Waals surface area contributed by atoms with E-state index in [2.05, 4.69) is 54.6 Å². The predicted octanol–water partition coefficient (Wildman–Crippen LogP) is 3.23. The number of aromatic nitrogens is 2. The predicted molar refractivity (Wildman–Crippen MR) is 78.6 cm³/mol. The van der Waals surface area contributed by atoms with E-state index in [0.717, 1.165) is 5.65 Å². The van der Waals surface area contributed by atoms with E-state index in [4.69, 9.17) is 4.98 Å². The molecule has 0 bridgehead atoms. The summed E-state index contributed by atoms with van der Waals surface area (Å²) < 4.78 is 2.17. The smallest absolute Gasteiger partial charge is 0.136 e. The van der Waals surface area contributed by atoms with Crippen molar-refractivity contribution >= 4 is 5.65 Å². The molecular weight excluding hydrogens is 234 g/mol. The van der Waals surface area contributed by atoms with Gasteiger partial charge in [-0.05, 0) is 58.3 Å². The van der Waals surface area contributed by atoms with E-state index in [1.54, 1.807) is 0 Å². The van der Waals surface area contributed by atoms with Gasteiger partial charge in [-0.25, -0.2) is 4.98 Å². The van der Waals surface area contributed by atoms with Crippen molar-refractivity contribution in [3.8, 4) is 0 Å². The summed E-state index contributed by atoms with van der Waals surface area (Å²) in [5, 5.41) is 0. The Kier molecular flexibility index (Phi) is 3.31. The Balaban J connectivity index is 1.78. The van der Waals surface area contributed by atoms with Crippen LogP contribution in [0.5, 0.6) is 0 Å². The quantitative estimate of drug-likeness (QED) is 0.823. The van der Waals surface area contributed by atoms with Gasteiger partial charge >= 0.3 is 0 Å². The number of rotatable bonds is 2. The van der Waals surface area contributed by atoms with Gasteiger partial charge in [0.1, 0.15) is 5.65 Å². The molecule has 3 nitrogen and oxygen atoms in total. The van der Waals surface area contributed by atoms with Crippen molar-refractivity contribution in [2.75, 3.05) is 13.1 Å². The van der Waals surface area contributed by atoms with Gasteiger partial charge in [0.15, 0.2) is 0 Å². The number of fused-ring (bicyclic) bond motifs is 1. The van der Waals surface area contributed by atoms with Crippen LogP contribution in [0.1, 0.15) is 43.9 Å². The third-order valence-corrected chi connectivity index (χ3v) is 4.30. The zero-order valence-electron chi connectivity index (χ0n) is 12.1. The standard InChI is InChI=1S/C16H23N3/c1-12(2)18-8-6-14(7-9-18)15-11-19-10-13(3)4-5-16(19)17-15/h4-5,10-12,14H,6-9H2,1-3H3. The lowest BCUT2D eigenvalue weighted by Crippen LogP contribution is -2.37. The molecule has 0 unspecified atom stereocenters. The van der Waals surface area contributed by atoms with E-state index in [1.165, 1.54) is 37.2 Å².